The molecule has 0 bridgehead atoms. The summed E-state index contributed by atoms with van der Waals surface area (Å²) in [6, 6.07) is 0. The van der Waals surface area contributed by atoms with Gasteiger partial charge in [-0.15, -0.1) is 11.3 Å². The Hall–Kier alpha value is -2.22. The molecule has 2 amide bonds. The molecule has 32 heavy (non-hydrogen) atoms. The number of amides is 2. The van der Waals surface area contributed by atoms with Crippen LogP contribution < -0.4 is 4.90 Å². The molecule has 2 aromatic heterocycles. The Kier molecular flexibility index (Phi) is 6.98. The van der Waals surface area contributed by atoms with Crippen LogP contribution in [-0.4, -0.2) is 70.9 Å². The molecule has 2 saturated heterocycles. The van der Waals surface area contributed by atoms with Crippen LogP contribution in [0, 0.1) is 25.7 Å². The fourth-order valence-corrected chi connectivity index (χ4v) is 5.74. The van der Waals surface area contributed by atoms with Gasteiger partial charge in [-0.1, -0.05) is 13.8 Å². The van der Waals surface area contributed by atoms with E-state index in [0.29, 0.717) is 38.5 Å². The summed E-state index contributed by atoms with van der Waals surface area (Å²) in [6.07, 6.45) is 4.90. The zero-order valence-corrected chi connectivity index (χ0v) is 20.6. The van der Waals surface area contributed by atoms with Crippen LogP contribution >= 0.6 is 11.3 Å². The summed E-state index contributed by atoms with van der Waals surface area (Å²) in [5.74, 6) is 2.11. The summed E-state index contributed by atoms with van der Waals surface area (Å²) < 4.78 is 0. The number of piperazine rings is 1. The number of fused-ring (bicyclic) bond motifs is 1. The smallest absolute Gasteiger partial charge is 0.225 e. The van der Waals surface area contributed by atoms with Gasteiger partial charge >= 0.3 is 0 Å². The quantitative estimate of drug-likeness (QED) is 0.686. The van der Waals surface area contributed by atoms with E-state index >= 15 is 0 Å². The highest BCUT2D eigenvalue weighted by molar-refractivity contribution is 7.18. The highest BCUT2D eigenvalue weighted by Gasteiger charge is 2.32. The number of carbonyl (C=O) groups is 2. The van der Waals surface area contributed by atoms with Crippen molar-refractivity contribution in [1.29, 1.82) is 0 Å². The van der Waals surface area contributed by atoms with E-state index in [1.54, 1.807) is 17.7 Å². The molecular formula is C24H35N5O2S. The normalized spacial score (nSPS) is 18.1. The number of piperidine rings is 1. The standard InChI is InChI=1S/C24H35N5O2S/c1-16(2)5-6-20(30)27-11-13-29(14-12-27)24(31)19-7-9-28(10-8-19)22-21-17(3)18(4)32-23(21)26-15-25-22/h15-16,19H,5-14H2,1-4H3. The molecule has 0 aromatic carbocycles. The highest BCUT2D eigenvalue weighted by atomic mass is 32.1. The lowest BCUT2D eigenvalue weighted by Gasteiger charge is -2.39. The van der Waals surface area contributed by atoms with Crippen LogP contribution in [0.4, 0.5) is 5.82 Å². The first-order chi connectivity index (χ1) is 15.3. The van der Waals surface area contributed by atoms with Crippen molar-refractivity contribution < 1.29 is 9.59 Å². The van der Waals surface area contributed by atoms with Gasteiger partial charge in [0.1, 0.15) is 17.0 Å². The van der Waals surface area contributed by atoms with Crippen molar-refractivity contribution in [3.63, 3.8) is 0 Å². The second-order valence-electron chi connectivity index (χ2n) is 9.56. The van der Waals surface area contributed by atoms with Crippen LogP contribution in [0.1, 0.15) is 50.0 Å². The maximum Gasteiger partial charge on any atom is 0.225 e. The first-order valence-electron chi connectivity index (χ1n) is 11.9. The second-order valence-corrected chi connectivity index (χ2v) is 10.8. The van der Waals surface area contributed by atoms with Gasteiger partial charge < -0.3 is 14.7 Å². The van der Waals surface area contributed by atoms with Crippen LogP contribution in [0.5, 0.6) is 0 Å². The van der Waals surface area contributed by atoms with Crippen molar-refractivity contribution in [3.8, 4) is 0 Å². The van der Waals surface area contributed by atoms with Gasteiger partial charge in [-0.2, -0.15) is 0 Å². The zero-order chi connectivity index (χ0) is 22.8. The van der Waals surface area contributed by atoms with Crippen molar-refractivity contribution in [1.82, 2.24) is 19.8 Å². The molecule has 0 spiro atoms. The van der Waals surface area contributed by atoms with Gasteiger partial charge in [0.15, 0.2) is 0 Å². The Balaban J connectivity index is 1.31. The maximum atomic E-state index is 13.1. The fraction of sp³-hybridized carbons (Fsp3) is 0.667. The summed E-state index contributed by atoms with van der Waals surface area (Å²) in [6.45, 7) is 12.9. The number of rotatable bonds is 5. The highest BCUT2D eigenvalue weighted by Crippen LogP contribution is 2.35. The average Bonchev–Trinajstić information content (AvgIpc) is 3.10. The number of nitrogens with zero attached hydrogens (tertiary/aromatic N) is 5. The zero-order valence-electron chi connectivity index (χ0n) is 19.8. The lowest BCUT2D eigenvalue weighted by atomic mass is 9.94. The van der Waals surface area contributed by atoms with Crippen LogP contribution in [-0.2, 0) is 9.59 Å². The van der Waals surface area contributed by atoms with E-state index in [1.165, 1.54) is 10.4 Å². The molecule has 2 aliphatic rings. The van der Waals surface area contributed by atoms with Crippen molar-refractivity contribution in [3.05, 3.63) is 16.8 Å². The third-order valence-corrected chi connectivity index (χ3v) is 8.08. The number of anilines is 1. The first-order valence-corrected chi connectivity index (χ1v) is 12.7. The van der Waals surface area contributed by atoms with E-state index < -0.39 is 0 Å². The fourth-order valence-electron chi connectivity index (χ4n) is 4.75. The van der Waals surface area contributed by atoms with Crippen LogP contribution in [0.15, 0.2) is 6.33 Å². The Morgan fingerprint density at radius 1 is 1.03 bits per heavy atom. The largest absolute Gasteiger partial charge is 0.356 e. The third kappa shape index (κ3) is 4.75. The summed E-state index contributed by atoms with van der Waals surface area (Å²) >= 11 is 1.72. The van der Waals surface area contributed by atoms with Gasteiger partial charge in [-0.25, -0.2) is 9.97 Å². The van der Waals surface area contributed by atoms with E-state index in [9.17, 15) is 9.59 Å². The summed E-state index contributed by atoms with van der Waals surface area (Å²) in [4.78, 5) is 43.1. The van der Waals surface area contributed by atoms with Crippen LogP contribution in [0.3, 0.4) is 0 Å². The monoisotopic (exact) mass is 457 g/mol. The molecule has 2 aromatic rings. The first kappa shape index (κ1) is 23.0. The van der Waals surface area contributed by atoms with E-state index in [2.05, 4.69) is 42.6 Å². The lowest BCUT2D eigenvalue weighted by molar-refractivity contribution is -0.142. The lowest BCUT2D eigenvalue weighted by Crippen LogP contribution is -2.53. The van der Waals surface area contributed by atoms with Gasteiger partial charge in [-0.3, -0.25) is 9.59 Å². The number of thiophene rings is 1. The average molecular weight is 458 g/mol. The Morgan fingerprint density at radius 2 is 1.69 bits per heavy atom. The third-order valence-electron chi connectivity index (χ3n) is 6.97. The Labute approximate surface area is 194 Å². The van der Waals surface area contributed by atoms with E-state index in [1.807, 2.05) is 9.80 Å². The number of aryl methyl sites for hydroxylation is 2. The van der Waals surface area contributed by atoms with Crippen molar-refractivity contribution in [2.75, 3.05) is 44.2 Å². The predicted octanol–water partition coefficient (Wildman–Crippen LogP) is 3.63. The molecule has 8 heteroatoms. The van der Waals surface area contributed by atoms with Crippen LogP contribution in [0.25, 0.3) is 10.2 Å². The number of hydrogen-bond donors (Lipinski definition) is 0. The predicted molar refractivity (Wildman–Crippen MR) is 129 cm³/mol. The van der Waals surface area contributed by atoms with E-state index in [0.717, 1.165) is 48.4 Å². The number of carbonyl (C=O) groups excluding carboxylic acids is 2. The van der Waals surface area contributed by atoms with Crippen molar-refractivity contribution in [2.45, 2.75) is 53.4 Å². The Bertz CT molecular complexity index is 972. The number of hydrogen-bond acceptors (Lipinski definition) is 6. The second kappa shape index (κ2) is 9.73. The molecular weight excluding hydrogens is 422 g/mol. The molecule has 4 heterocycles. The SMILES string of the molecule is Cc1sc2ncnc(N3CCC(C(=O)N4CCN(C(=O)CCC(C)C)CC4)CC3)c2c1C. The molecule has 2 fully saturated rings. The molecule has 7 nitrogen and oxygen atoms in total. The summed E-state index contributed by atoms with van der Waals surface area (Å²) in [5, 5.41) is 1.16. The molecule has 0 unspecified atom stereocenters. The van der Waals surface area contributed by atoms with Gasteiger partial charge in [0.25, 0.3) is 0 Å². The summed E-state index contributed by atoms with van der Waals surface area (Å²) in [5.41, 5.74) is 1.26. The van der Waals surface area contributed by atoms with E-state index in [4.69, 9.17) is 0 Å². The molecule has 0 saturated carbocycles. The van der Waals surface area contributed by atoms with Crippen LogP contribution in [0.2, 0.25) is 0 Å². The van der Waals surface area contributed by atoms with Gasteiger partial charge in [-0.05, 0) is 44.6 Å². The minimum Gasteiger partial charge on any atom is -0.356 e. The Morgan fingerprint density at radius 3 is 2.34 bits per heavy atom. The molecule has 4 rings (SSSR count). The minimum atomic E-state index is 0.0667. The molecule has 0 N–H and O–H groups in total. The van der Waals surface area contributed by atoms with Crippen molar-refractivity contribution >= 4 is 39.2 Å². The topological polar surface area (TPSA) is 69.6 Å². The van der Waals surface area contributed by atoms with Gasteiger partial charge in [0.05, 0.1) is 5.39 Å². The number of aromatic nitrogens is 2. The molecule has 2 aliphatic heterocycles. The summed E-state index contributed by atoms with van der Waals surface area (Å²) in [7, 11) is 0. The van der Waals surface area contributed by atoms with Gasteiger partial charge in [0, 0.05) is 56.5 Å². The minimum absolute atomic E-state index is 0.0667. The van der Waals surface area contributed by atoms with Crippen molar-refractivity contribution in [2.24, 2.45) is 11.8 Å². The molecule has 0 atom stereocenters. The van der Waals surface area contributed by atoms with Gasteiger partial charge in [0.2, 0.25) is 11.8 Å². The molecule has 174 valence electrons. The van der Waals surface area contributed by atoms with E-state index in [-0.39, 0.29) is 17.7 Å². The molecule has 0 radical (unpaired) electrons. The molecule has 0 aliphatic carbocycles. The maximum absolute atomic E-state index is 13.1.